The summed E-state index contributed by atoms with van der Waals surface area (Å²) in [4.78, 5) is 4.85. The molecule has 1 unspecified atom stereocenters. The standard InChI is InChI=1S/C28H21BrN2O/c29-23-15-10-16-24(19-23)31-26(20-30-28(31)22-13-6-2-7-14-22)27(21-11-4-1-5-12-21)32-25-17-8-3-9-18-25/h1-20,27H. The molecule has 0 spiro atoms. The van der Waals surface area contributed by atoms with Crippen molar-refractivity contribution in [1.82, 2.24) is 9.55 Å². The summed E-state index contributed by atoms with van der Waals surface area (Å²) in [5.74, 6) is 1.68. The molecule has 0 saturated carbocycles. The molecule has 32 heavy (non-hydrogen) atoms. The topological polar surface area (TPSA) is 27.1 Å². The first-order valence-electron chi connectivity index (χ1n) is 10.5. The van der Waals surface area contributed by atoms with Crippen molar-refractivity contribution in [2.24, 2.45) is 0 Å². The van der Waals surface area contributed by atoms with E-state index in [0.29, 0.717) is 0 Å². The Morgan fingerprint density at radius 3 is 2.06 bits per heavy atom. The van der Waals surface area contributed by atoms with Crippen LogP contribution in [0.5, 0.6) is 5.75 Å². The molecule has 5 rings (SSSR count). The van der Waals surface area contributed by atoms with Gasteiger partial charge in [0, 0.05) is 15.7 Å². The van der Waals surface area contributed by atoms with Gasteiger partial charge in [-0.3, -0.25) is 4.57 Å². The Bertz CT molecular complexity index is 1300. The molecule has 0 amide bonds. The van der Waals surface area contributed by atoms with Crippen molar-refractivity contribution in [3.05, 3.63) is 137 Å². The van der Waals surface area contributed by atoms with Crippen molar-refractivity contribution in [1.29, 1.82) is 0 Å². The molecule has 5 aromatic rings. The Balaban J connectivity index is 1.72. The van der Waals surface area contributed by atoms with Crippen molar-refractivity contribution < 1.29 is 4.74 Å². The van der Waals surface area contributed by atoms with Crippen molar-refractivity contribution in [3.63, 3.8) is 0 Å². The van der Waals surface area contributed by atoms with Gasteiger partial charge >= 0.3 is 0 Å². The van der Waals surface area contributed by atoms with Crippen LogP contribution in [0.3, 0.4) is 0 Å². The van der Waals surface area contributed by atoms with Crippen LogP contribution in [0.25, 0.3) is 17.1 Å². The monoisotopic (exact) mass is 480 g/mol. The van der Waals surface area contributed by atoms with Crippen LogP contribution in [0.2, 0.25) is 0 Å². The smallest absolute Gasteiger partial charge is 0.166 e. The number of hydrogen-bond acceptors (Lipinski definition) is 2. The molecular formula is C28H21BrN2O. The third-order valence-corrected chi connectivity index (χ3v) is 5.75. The highest BCUT2D eigenvalue weighted by atomic mass is 79.9. The van der Waals surface area contributed by atoms with Crippen LogP contribution in [-0.2, 0) is 0 Å². The molecule has 0 N–H and O–H groups in total. The minimum atomic E-state index is -0.331. The van der Waals surface area contributed by atoms with E-state index in [1.165, 1.54) is 0 Å². The molecule has 0 radical (unpaired) electrons. The van der Waals surface area contributed by atoms with Crippen molar-refractivity contribution in [3.8, 4) is 22.8 Å². The number of hydrogen-bond donors (Lipinski definition) is 0. The Kier molecular flexibility index (Phi) is 5.86. The van der Waals surface area contributed by atoms with Crippen LogP contribution in [0, 0.1) is 0 Å². The van der Waals surface area contributed by atoms with Crippen molar-refractivity contribution >= 4 is 15.9 Å². The third kappa shape index (κ3) is 4.23. The quantitative estimate of drug-likeness (QED) is 0.252. The van der Waals surface area contributed by atoms with Crippen molar-refractivity contribution in [2.75, 3.05) is 0 Å². The van der Waals surface area contributed by atoms with Gasteiger partial charge in [-0.05, 0) is 35.9 Å². The second-order valence-electron chi connectivity index (χ2n) is 7.41. The molecule has 0 aliphatic heterocycles. The van der Waals surface area contributed by atoms with E-state index in [0.717, 1.165) is 38.6 Å². The summed E-state index contributed by atoms with van der Waals surface area (Å²) in [5.41, 5.74) is 4.08. The molecule has 3 nitrogen and oxygen atoms in total. The minimum Gasteiger partial charge on any atom is -0.479 e. The molecule has 0 aliphatic rings. The highest BCUT2D eigenvalue weighted by Gasteiger charge is 2.24. The Labute approximate surface area is 196 Å². The van der Waals surface area contributed by atoms with Crippen LogP contribution < -0.4 is 4.74 Å². The maximum absolute atomic E-state index is 6.56. The molecule has 4 aromatic carbocycles. The zero-order chi connectivity index (χ0) is 21.8. The second kappa shape index (κ2) is 9.25. The fraction of sp³-hybridized carbons (Fsp3) is 0.0357. The molecule has 4 heteroatoms. The van der Waals surface area contributed by atoms with Gasteiger partial charge in [-0.2, -0.15) is 0 Å². The third-order valence-electron chi connectivity index (χ3n) is 5.26. The van der Waals surface area contributed by atoms with E-state index in [9.17, 15) is 0 Å². The number of ether oxygens (including phenoxy) is 1. The Morgan fingerprint density at radius 2 is 1.38 bits per heavy atom. The number of halogens is 1. The molecule has 0 aliphatic carbocycles. The summed E-state index contributed by atoms with van der Waals surface area (Å²) in [7, 11) is 0. The van der Waals surface area contributed by atoms with Crippen LogP contribution in [-0.4, -0.2) is 9.55 Å². The Hall–Kier alpha value is -3.63. The SMILES string of the molecule is Brc1cccc(-n2c(C(Oc3ccccc3)c3ccccc3)cnc2-c2ccccc2)c1. The summed E-state index contributed by atoms with van der Waals surface area (Å²) in [6.07, 6.45) is 1.59. The predicted octanol–water partition coefficient (Wildman–Crippen LogP) is 7.47. The highest BCUT2D eigenvalue weighted by Crippen LogP contribution is 2.34. The van der Waals surface area contributed by atoms with Gasteiger partial charge in [0.05, 0.1) is 11.9 Å². The minimum absolute atomic E-state index is 0.331. The lowest BCUT2D eigenvalue weighted by atomic mass is 10.1. The Morgan fingerprint density at radius 1 is 0.719 bits per heavy atom. The van der Waals surface area contributed by atoms with Gasteiger partial charge in [0.25, 0.3) is 0 Å². The summed E-state index contributed by atoms with van der Waals surface area (Å²) < 4.78 is 9.75. The largest absolute Gasteiger partial charge is 0.479 e. The molecule has 0 bridgehead atoms. The molecular weight excluding hydrogens is 460 g/mol. The fourth-order valence-electron chi connectivity index (χ4n) is 3.79. The first-order valence-corrected chi connectivity index (χ1v) is 11.2. The lowest BCUT2D eigenvalue weighted by Crippen LogP contribution is -2.14. The average molecular weight is 481 g/mol. The maximum Gasteiger partial charge on any atom is 0.166 e. The van der Waals surface area contributed by atoms with Crippen LogP contribution in [0.4, 0.5) is 0 Å². The van der Waals surface area contributed by atoms with Gasteiger partial charge < -0.3 is 4.74 Å². The maximum atomic E-state index is 6.56. The number of nitrogens with zero attached hydrogens (tertiary/aromatic N) is 2. The first-order chi connectivity index (χ1) is 15.8. The lowest BCUT2D eigenvalue weighted by Gasteiger charge is -2.22. The summed E-state index contributed by atoms with van der Waals surface area (Å²) >= 11 is 3.62. The fourth-order valence-corrected chi connectivity index (χ4v) is 4.18. The summed E-state index contributed by atoms with van der Waals surface area (Å²) in [6.45, 7) is 0. The van der Waals surface area contributed by atoms with Gasteiger partial charge in [0.1, 0.15) is 11.6 Å². The number of imidazole rings is 1. The highest BCUT2D eigenvalue weighted by molar-refractivity contribution is 9.10. The van der Waals surface area contributed by atoms with Gasteiger partial charge in [-0.15, -0.1) is 0 Å². The molecule has 0 fully saturated rings. The van der Waals surface area contributed by atoms with Crippen LogP contribution >= 0.6 is 15.9 Å². The van der Waals surface area contributed by atoms with E-state index in [4.69, 9.17) is 9.72 Å². The number of benzene rings is 4. The van der Waals surface area contributed by atoms with Crippen molar-refractivity contribution in [2.45, 2.75) is 6.10 Å². The predicted molar refractivity (Wildman–Crippen MR) is 132 cm³/mol. The lowest BCUT2D eigenvalue weighted by molar-refractivity contribution is 0.240. The zero-order valence-corrected chi connectivity index (χ0v) is 18.9. The van der Waals surface area contributed by atoms with Gasteiger partial charge in [-0.25, -0.2) is 4.98 Å². The molecule has 1 heterocycles. The van der Waals surface area contributed by atoms with E-state index in [1.807, 2.05) is 85.1 Å². The number of rotatable bonds is 6. The van der Waals surface area contributed by atoms with E-state index in [2.05, 4.69) is 56.9 Å². The molecule has 0 saturated heterocycles. The first kappa shape index (κ1) is 20.3. The number of aromatic nitrogens is 2. The van der Waals surface area contributed by atoms with Gasteiger partial charge in [0.15, 0.2) is 6.10 Å². The van der Waals surface area contributed by atoms with E-state index in [1.54, 1.807) is 0 Å². The van der Waals surface area contributed by atoms with Crippen LogP contribution in [0.15, 0.2) is 126 Å². The second-order valence-corrected chi connectivity index (χ2v) is 8.33. The van der Waals surface area contributed by atoms with Gasteiger partial charge in [0.2, 0.25) is 0 Å². The van der Waals surface area contributed by atoms with E-state index < -0.39 is 0 Å². The molecule has 1 atom stereocenters. The van der Waals surface area contributed by atoms with Gasteiger partial charge in [-0.1, -0.05) is 101 Å². The van der Waals surface area contributed by atoms with E-state index in [-0.39, 0.29) is 6.10 Å². The molecule has 1 aromatic heterocycles. The van der Waals surface area contributed by atoms with E-state index >= 15 is 0 Å². The zero-order valence-electron chi connectivity index (χ0n) is 17.3. The summed E-state index contributed by atoms with van der Waals surface area (Å²) in [6, 6.07) is 38.7. The summed E-state index contributed by atoms with van der Waals surface area (Å²) in [5, 5.41) is 0. The normalized spacial score (nSPS) is 11.8. The molecule has 156 valence electrons. The average Bonchev–Trinajstić information content (AvgIpc) is 3.29. The van der Waals surface area contributed by atoms with Crippen LogP contribution in [0.1, 0.15) is 17.4 Å². The number of para-hydroxylation sites is 1.